The molecule has 0 saturated heterocycles. The molecule has 1 aliphatic carbocycles. The zero-order valence-corrected chi connectivity index (χ0v) is 12.0. The maximum absolute atomic E-state index is 12.5. The summed E-state index contributed by atoms with van der Waals surface area (Å²) in [5, 5.41) is 0.789. The van der Waals surface area contributed by atoms with Crippen molar-refractivity contribution in [1.82, 2.24) is 9.55 Å². The Kier molecular flexibility index (Phi) is 3.11. The van der Waals surface area contributed by atoms with Gasteiger partial charge in [0.2, 0.25) is 0 Å². The van der Waals surface area contributed by atoms with E-state index in [0.717, 1.165) is 27.9 Å². The van der Waals surface area contributed by atoms with Crippen molar-refractivity contribution < 1.29 is 0 Å². The van der Waals surface area contributed by atoms with Gasteiger partial charge in [-0.2, -0.15) is 0 Å². The van der Waals surface area contributed by atoms with E-state index >= 15 is 0 Å². The van der Waals surface area contributed by atoms with Crippen molar-refractivity contribution in [3.8, 4) is 0 Å². The van der Waals surface area contributed by atoms with Crippen LogP contribution in [0.4, 0.5) is 0 Å². The van der Waals surface area contributed by atoms with Gasteiger partial charge in [-0.1, -0.05) is 19.3 Å². The summed E-state index contributed by atoms with van der Waals surface area (Å²) in [6.07, 6.45) is 5.83. The molecule has 0 unspecified atom stereocenters. The third-order valence-corrected chi connectivity index (χ3v) is 4.95. The third kappa shape index (κ3) is 1.95. The van der Waals surface area contributed by atoms with Crippen molar-refractivity contribution in [2.45, 2.75) is 45.1 Å². The van der Waals surface area contributed by atoms with Crippen LogP contribution in [-0.2, 0) is 0 Å². The minimum atomic E-state index is 0.0880. The normalized spacial score (nSPS) is 17.4. The van der Waals surface area contributed by atoms with E-state index in [0.29, 0.717) is 10.8 Å². The molecule has 0 amide bonds. The SMILES string of the molecule is Cc1cc2c(=O)n(C3CCCCC3)c(=S)[nH]c2s1. The van der Waals surface area contributed by atoms with E-state index in [9.17, 15) is 4.79 Å². The van der Waals surface area contributed by atoms with Crippen molar-refractivity contribution >= 4 is 33.8 Å². The Morgan fingerprint density at radius 3 is 2.83 bits per heavy atom. The van der Waals surface area contributed by atoms with Crippen LogP contribution in [0.5, 0.6) is 0 Å². The number of aryl methyl sites for hydroxylation is 1. The number of thiophene rings is 1. The molecule has 2 heterocycles. The van der Waals surface area contributed by atoms with Crippen LogP contribution in [-0.4, -0.2) is 9.55 Å². The Labute approximate surface area is 114 Å². The molecule has 1 N–H and O–H groups in total. The van der Waals surface area contributed by atoms with Gasteiger partial charge in [0.1, 0.15) is 4.83 Å². The van der Waals surface area contributed by atoms with E-state index in [2.05, 4.69) is 4.98 Å². The van der Waals surface area contributed by atoms with Gasteiger partial charge < -0.3 is 4.98 Å². The predicted octanol–water partition coefficient (Wildman–Crippen LogP) is 3.93. The number of nitrogens with zero attached hydrogens (tertiary/aromatic N) is 1. The summed E-state index contributed by atoms with van der Waals surface area (Å²) in [5.74, 6) is 0. The Morgan fingerprint density at radius 2 is 2.11 bits per heavy atom. The van der Waals surface area contributed by atoms with Crippen molar-refractivity contribution in [1.29, 1.82) is 0 Å². The van der Waals surface area contributed by atoms with Gasteiger partial charge in [-0.25, -0.2) is 0 Å². The standard InChI is InChI=1S/C13H16N2OS2/c1-8-7-10-11(18-8)14-13(17)15(12(10)16)9-5-3-2-4-6-9/h7,9H,2-6H2,1H3,(H,14,17). The van der Waals surface area contributed by atoms with Gasteiger partial charge in [0, 0.05) is 10.9 Å². The highest BCUT2D eigenvalue weighted by atomic mass is 32.1. The Morgan fingerprint density at radius 1 is 1.39 bits per heavy atom. The summed E-state index contributed by atoms with van der Waals surface area (Å²) in [4.78, 5) is 17.8. The maximum Gasteiger partial charge on any atom is 0.263 e. The second-order valence-electron chi connectivity index (χ2n) is 5.00. The molecule has 1 fully saturated rings. The number of aromatic nitrogens is 2. The van der Waals surface area contributed by atoms with Gasteiger partial charge in [0.15, 0.2) is 4.77 Å². The first-order valence-electron chi connectivity index (χ1n) is 6.42. The molecular formula is C13H16N2OS2. The topological polar surface area (TPSA) is 37.8 Å². The van der Waals surface area contributed by atoms with Crippen molar-refractivity contribution in [2.75, 3.05) is 0 Å². The lowest BCUT2D eigenvalue weighted by atomic mass is 9.95. The van der Waals surface area contributed by atoms with E-state index in [1.807, 2.05) is 17.6 Å². The monoisotopic (exact) mass is 280 g/mol. The fourth-order valence-electron chi connectivity index (χ4n) is 2.82. The summed E-state index contributed by atoms with van der Waals surface area (Å²) in [7, 11) is 0. The van der Waals surface area contributed by atoms with Crippen LogP contribution in [0.25, 0.3) is 10.2 Å². The molecule has 1 saturated carbocycles. The highest BCUT2D eigenvalue weighted by molar-refractivity contribution is 7.71. The zero-order valence-electron chi connectivity index (χ0n) is 10.4. The second-order valence-corrected chi connectivity index (χ2v) is 6.64. The number of hydrogen-bond acceptors (Lipinski definition) is 3. The maximum atomic E-state index is 12.5. The molecule has 0 spiro atoms. The minimum absolute atomic E-state index is 0.0880. The molecule has 0 atom stereocenters. The van der Waals surface area contributed by atoms with Gasteiger partial charge in [-0.15, -0.1) is 11.3 Å². The molecule has 2 aromatic heterocycles. The molecule has 5 heteroatoms. The van der Waals surface area contributed by atoms with Crippen LogP contribution < -0.4 is 5.56 Å². The van der Waals surface area contributed by atoms with Crippen LogP contribution in [0.1, 0.15) is 43.0 Å². The first-order valence-corrected chi connectivity index (χ1v) is 7.64. The first kappa shape index (κ1) is 12.1. The molecule has 2 aromatic rings. The molecule has 0 aromatic carbocycles. The molecule has 18 heavy (non-hydrogen) atoms. The van der Waals surface area contributed by atoms with Crippen molar-refractivity contribution in [3.63, 3.8) is 0 Å². The summed E-state index contributed by atoms with van der Waals surface area (Å²) in [6.45, 7) is 2.02. The average Bonchev–Trinajstić information content (AvgIpc) is 2.71. The molecule has 3 nitrogen and oxygen atoms in total. The lowest BCUT2D eigenvalue weighted by Crippen LogP contribution is -2.27. The summed E-state index contributed by atoms with van der Waals surface area (Å²) in [6, 6.07) is 2.26. The van der Waals surface area contributed by atoms with Gasteiger partial charge in [-0.3, -0.25) is 9.36 Å². The molecule has 0 bridgehead atoms. The molecule has 96 valence electrons. The third-order valence-electron chi connectivity index (χ3n) is 3.68. The number of H-pyrrole nitrogens is 1. The lowest BCUT2D eigenvalue weighted by Gasteiger charge is -2.23. The van der Waals surface area contributed by atoms with Gasteiger partial charge >= 0.3 is 0 Å². The van der Waals surface area contributed by atoms with Crippen LogP contribution in [0.2, 0.25) is 0 Å². The molecular weight excluding hydrogens is 264 g/mol. The predicted molar refractivity (Wildman–Crippen MR) is 78.1 cm³/mol. The Bertz CT molecular complexity index is 689. The largest absolute Gasteiger partial charge is 0.323 e. The summed E-state index contributed by atoms with van der Waals surface area (Å²) >= 11 is 6.97. The smallest absolute Gasteiger partial charge is 0.263 e. The van der Waals surface area contributed by atoms with Gasteiger partial charge in [-0.05, 0) is 38.0 Å². The fourth-order valence-corrected chi connectivity index (χ4v) is 4.12. The highest BCUT2D eigenvalue weighted by Crippen LogP contribution is 2.28. The Balaban J connectivity index is 2.22. The molecule has 0 radical (unpaired) electrons. The molecule has 0 aliphatic heterocycles. The van der Waals surface area contributed by atoms with Crippen molar-refractivity contribution in [2.24, 2.45) is 0 Å². The van der Waals surface area contributed by atoms with Gasteiger partial charge in [0.25, 0.3) is 5.56 Å². The minimum Gasteiger partial charge on any atom is -0.323 e. The van der Waals surface area contributed by atoms with E-state index < -0.39 is 0 Å². The number of aromatic amines is 1. The van der Waals surface area contributed by atoms with E-state index in [1.54, 1.807) is 11.3 Å². The van der Waals surface area contributed by atoms with Crippen LogP contribution in [0, 0.1) is 11.7 Å². The van der Waals surface area contributed by atoms with E-state index in [1.165, 1.54) is 19.3 Å². The van der Waals surface area contributed by atoms with E-state index in [4.69, 9.17) is 12.2 Å². The number of hydrogen-bond donors (Lipinski definition) is 1. The quantitative estimate of drug-likeness (QED) is 0.804. The van der Waals surface area contributed by atoms with Crippen LogP contribution >= 0.6 is 23.6 Å². The zero-order chi connectivity index (χ0) is 12.7. The lowest BCUT2D eigenvalue weighted by molar-refractivity contribution is 0.342. The molecule has 3 rings (SSSR count). The van der Waals surface area contributed by atoms with Gasteiger partial charge in [0.05, 0.1) is 5.39 Å². The fraction of sp³-hybridized carbons (Fsp3) is 0.538. The number of fused-ring (bicyclic) bond motifs is 1. The molecule has 1 aliphatic rings. The van der Waals surface area contributed by atoms with Crippen LogP contribution in [0.3, 0.4) is 0 Å². The number of rotatable bonds is 1. The second kappa shape index (κ2) is 4.63. The first-order chi connectivity index (χ1) is 8.66. The highest BCUT2D eigenvalue weighted by Gasteiger charge is 2.19. The Hall–Kier alpha value is -0.940. The summed E-state index contributed by atoms with van der Waals surface area (Å²) < 4.78 is 2.39. The van der Waals surface area contributed by atoms with Crippen molar-refractivity contribution in [3.05, 3.63) is 26.1 Å². The number of nitrogens with one attached hydrogen (secondary N) is 1. The van der Waals surface area contributed by atoms with E-state index in [-0.39, 0.29) is 5.56 Å². The van der Waals surface area contributed by atoms with Crippen LogP contribution in [0.15, 0.2) is 10.9 Å². The summed E-state index contributed by atoms with van der Waals surface area (Å²) in [5.41, 5.74) is 0.0880. The average molecular weight is 280 g/mol.